The van der Waals surface area contributed by atoms with Crippen LogP contribution >= 0.6 is 22.9 Å². The molecule has 0 spiro atoms. The van der Waals surface area contributed by atoms with Crippen molar-refractivity contribution in [2.45, 2.75) is 26.9 Å². The van der Waals surface area contributed by atoms with Crippen LogP contribution in [0.2, 0.25) is 5.02 Å². The number of carbonyl (C=O) groups is 2. The lowest BCUT2D eigenvalue weighted by molar-refractivity contribution is -0.123. The molecule has 1 amide bonds. The van der Waals surface area contributed by atoms with E-state index in [1.54, 1.807) is 16.8 Å². The first-order valence-electron chi connectivity index (χ1n) is 10.0. The molecule has 0 saturated heterocycles. The number of amides is 1. The zero-order valence-corrected chi connectivity index (χ0v) is 19.6. The Kier molecular flexibility index (Phi) is 6.52. The monoisotopic (exact) mass is 481 g/mol. The fourth-order valence-electron chi connectivity index (χ4n) is 3.10. The number of nitrogens with one attached hydrogen (secondary N) is 1. The van der Waals surface area contributed by atoms with E-state index in [-0.39, 0.29) is 10.7 Å². The first-order chi connectivity index (χ1) is 15.8. The number of ether oxygens (including phenoxy) is 1. The van der Waals surface area contributed by atoms with Crippen molar-refractivity contribution in [2.24, 2.45) is 0 Å². The zero-order valence-electron chi connectivity index (χ0n) is 18.1. The minimum absolute atomic E-state index is 0.0954. The van der Waals surface area contributed by atoms with Crippen molar-refractivity contribution < 1.29 is 14.3 Å². The molecule has 1 unspecified atom stereocenters. The maximum atomic E-state index is 12.7. The van der Waals surface area contributed by atoms with Crippen LogP contribution in [0.4, 0.5) is 5.13 Å². The summed E-state index contributed by atoms with van der Waals surface area (Å²) in [6.45, 7) is 5.21. The van der Waals surface area contributed by atoms with E-state index < -0.39 is 18.0 Å². The molecule has 0 aliphatic carbocycles. The molecule has 0 fully saturated rings. The van der Waals surface area contributed by atoms with E-state index in [9.17, 15) is 9.59 Å². The molecule has 1 aromatic carbocycles. The van der Waals surface area contributed by atoms with Gasteiger partial charge in [0.1, 0.15) is 0 Å². The molecular weight excluding hydrogens is 462 g/mol. The number of nitrogens with zero attached hydrogens (tertiary/aromatic N) is 4. The van der Waals surface area contributed by atoms with Crippen LogP contribution in [0.1, 0.15) is 28.8 Å². The van der Waals surface area contributed by atoms with E-state index in [1.165, 1.54) is 18.3 Å². The number of benzene rings is 1. The molecule has 3 aromatic heterocycles. The van der Waals surface area contributed by atoms with E-state index in [0.29, 0.717) is 10.9 Å². The molecule has 10 heteroatoms. The van der Waals surface area contributed by atoms with Crippen LogP contribution in [0.25, 0.3) is 17.1 Å². The minimum Gasteiger partial charge on any atom is -0.448 e. The molecule has 1 N–H and O–H groups in total. The lowest BCUT2D eigenvalue weighted by Crippen LogP contribution is -2.30. The van der Waals surface area contributed by atoms with Crippen molar-refractivity contribution in [3.63, 3.8) is 0 Å². The molecule has 0 radical (unpaired) electrons. The van der Waals surface area contributed by atoms with Gasteiger partial charge in [0.2, 0.25) is 0 Å². The van der Waals surface area contributed by atoms with Crippen LogP contribution < -0.4 is 5.32 Å². The fraction of sp³-hybridized carbons (Fsp3) is 0.174. The number of carbonyl (C=O) groups excluding carboxylic acids is 2. The maximum Gasteiger partial charge on any atom is 0.359 e. The molecule has 4 aromatic rings. The summed E-state index contributed by atoms with van der Waals surface area (Å²) in [5.74, 6) is -0.899. The first-order valence-corrected chi connectivity index (χ1v) is 11.3. The Bertz CT molecular complexity index is 1320. The summed E-state index contributed by atoms with van der Waals surface area (Å²) in [4.78, 5) is 34.0. The van der Waals surface area contributed by atoms with E-state index in [0.717, 1.165) is 22.6 Å². The third kappa shape index (κ3) is 5.10. The van der Waals surface area contributed by atoms with Gasteiger partial charge in [-0.2, -0.15) is 5.10 Å². The Morgan fingerprint density at radius 1 is 1.12 bits per heavy atom. The highest BCUT2D eigenvalue weighted by Gasteiger charge is 2.23. The van der Waals surface area contributed by atoms with Gasteiger partial charge in [-0.1, -0.05) is 41.9 Å². The van der Waals surface area contributed by atoms with Crippen LogP contribution in [-0.4, -0.2) is 37.7 Å². The minimum atomic E-state index is -1.09. The SMILES string of the molecule is Cc1cc(C)n(-c2ccc(Cl)c(C(=O)OC(C)C(=O)Nc3nc(-c4ccccc4)cs3)n2)n1. The quantitative estimate of drug-likeness (QED) is 0.395. The maximum absolute atomic E-state index is 12.7. The van der Waals surface area contributed by atoms with Gasteiger partial charge >= 0.3 is 5.97 Å². The summed E-state index contributed by atoms with van der Waals surface area (Å²) in [5, 5.41) is 9.40. The Morgan fingerprint density at radius 2 is 1.88 bits per heavy atom. The van der Waals surface area contributed by atoms with Crippen molar-refractivity contribution in [1.29, 1.82) is 0 Å². The van der Waals surface area contributed by atoms with Crippen molar-refractivity contribution in [3.8, 4) is 17.1 Å². The number of anilines is 1. The average molecular weight is 482 g/mol. The third-order valence-corrected chi connectivity index (χ3v) is 5.77. The largest absolute Gasteiger partial charge is 0.448 e. The molecule has 33 heavy (non-hydrogen) atoms. The van der Waals surface area contributed by atoms with E-state index in [4.69, 9.17) is 16.3 Å². The van der Waals surface area contributed by atoms with E-state index >= 15 is 0 Å². The summed E-state index contributed by atoms with van der Waals surface area (Å²) < 4.78 is 6.92. The summed E-state index contributed by atoms with van der Waals surface area (Å²) in [5.41, 5.74) is 3.26. The van der Waals surface area contributed by atoms with Crippen LogP contribution in [0.15, 0.2) is 53.9 Å². The Morgan fingerprint density at radius 3 is 2.58 bits per heavy atom. The number of esters is 1. The van der Waals surface area contributed by atoms with Gasteiger partial charge in [0, 0.05) is 16.6 Å². The number of halogens is 1. The van der Waals surface area contributed by atoms with Gasteiger partial charge in [0.15, 0.2) is 22.7 Å². The summed E-state index contributed by atoms with van der Waals surface area (Å²) in [6.07, 6.45) is -1.09. The van der Waals surface area contributed by atoms with Crippen molar-refractivity contribution in [3.05, 3.63) is 76.0 Å². The average Bonchev–Trinajstić information content (AvgIpc) is 3.40. The Hall–Kier alpha value is -3.56. The number of hydrogen-bond donors (Lipinski definition) is 1. The second-order valence-corrected chi connectivity index (χ2v) is 8.54. The van der Waals surface area contributed by atoms with Crippen LogP contribution in [0.5, 0.6) is 0 Å². The van der Waals surface area contributed by atoms with Gasteiger partial charge in [0.05, 0.1) is 16.4 Å². The normalized spacial score (nSPS) is 11.8. The summed E-state index contributed by atoms with van der Waals surface area (Å²) in [6, 6.07) is 14.7. The first kappa shape index (κ1) is 22.6. The van der Waals surface area contributed by atoms with Gasteiger partial charge in [-0.25, -0.2) is 19.4 Å². The number of rotatable bonds is 6. The third-order valence-electron chi connectivity index (χ3n) is 4.71. The van der Waals surface area contributed by atoms with Gasteiger partial charge in [-0.3, -0.25) is 10.1 Å². The number of aryl methyl sites for hydroxylation is 2. The van der Waals surface area contributed by atoms with Crippen LogP contribution in [-0.2, 0) is 9.53 Å². The molecular formula is C23H20ClN5O3S. The predicted octanol–water partition coefficient (Wildman–Crippen LogP) is 4.85. The summed E-state index contributed by atoms with van der Waals surface area (Å²) >= 11 is 7.46. The van der Waals surface area contributed by atoms with Gasteiger partial charge in [-0.05, 0) is 39.0 Å². The second kappa shape index (κ2) is 9.51. The highest BCUT2D eigenvalue weighted by molar-refractivity contribution is 7.14. The summed E-state index contributed by atoms with van der Waals surface area (Å²) in [7, 11) is 0. The highest BCUT2D eigenvalue weighted by Crippen LogP contribution is 2.25. The topological polar surface area (TPSA) is 99.0 Å². The van der Waals surface area contributed by atoms with E-state index in [2.05, 4.69) is 20.4 Å². The molecule has 1 atom stereocenters. The Balaban J connectivity index is 1.44. The predicted molar refractivity (Wildman–Crippen MR) is 127 cm³/mol. The molecule has 8 nitrogen and oxygen atoms in total. The number of hydrogen-bond acceptors (Lipinski definition) is 7. The number of aromatic nitrogens is 4. The molecule has 3 heterocycles. The zero-order chi connectivity index (χ0) is 23.5. The van der Waals surface area contributed by atoms with Gasteiger partial charge in [-0.15, -0.1) is 11.3 Å². The van der Waals surface area contributed by atoms with Gasteiger partial charge in [0.25, 0.3) is 5.91 Å². The van der Waals surface area contributed by atoms with Crippen molar-refractivity contribution in [2.75, 3.05) is 5.32 Å². The Labute approximate surface area is 199 Å². The highest BCUT2D eigenvalue weighted by atomic mass is 35.5. The second-order valence-electron chi connectivity index (χ2n) is 7.28. The lowest BCUT2D eigenvalue weighted by atomic mass is 10.2. The van der Waals surface area contributed by atoms with E-state index in [1.807, 2.05) is 55.6 Å². The number of pyridine rings is 1. The molecule has 0 aliphatic rings. The molecule has 0 aliphatic heterocycles. The van der Waals surface area contributed by atoms with Gasteiger partial charge < -0.3 is 4.74 Å². The lowest BCUT2D eigenvalue weighted by Gasteiger charge is -2.13. The van der Waals surface area contributed by atoms with Crippen LogP contribution in [0, 0.1) is 13.8 Å². The smallest absolute Gasteiger partial charge is 0.359 e. The fourth-order valence-corrected chi connectivity index (χ4v) is 4.01. The molecule has 0 bridgehead atoms. The molecule has 4 rings (SSSR count). The standard InChI is InChI=1S/C23H20ClN5O3S/c1-13-11-14(2)29(28-13)19-10-9-17(24)20(26-19)22(31)32-15(3)21(30)27-23-25-18(12-33-23)16-7-5-4-6-8-16/h4-12,15H,1-3H3,(H,25,27,30). The number of thiazole rings is 1. The van der Waals surface area contributed by atoms with Crippen molar-refractivity contribution >= 4 is 39.9 Å². The van der Waals surface area contributed by atoms with Crippen LogP contribution in [0.3, 0.4) is 0 Å². The molecule has 168 valence electrons. The molecule has 0 saturated carbocycles. The van der Waals surface area contributed by atoms with Crippen molar-refractivity contribution in [1.82, 2.24) is 19.7 Å².